The predicted molar refractivity (Wildman–Crippen MR) is 83.0 cm³/mol. The third-order valence-corrected chi connectivity index (χ3v) is 5.17. The van der Waals surface area contributed by atoms with Gasteiger partial charge in [0.2, 0.25) is 0 Å². The second-order valence-electron chi connectivity index (χ2n) is 4.87. The van der Waals surface area contributed by atoms with Crippen LogP contribution in [0.1, 0.15) is 16.7 Å². The van der Waals surface area contributed by atoms with Gasteiger partial charge in [0.15, 0.2) is 9.84 Å². The maximum absolute atomic E-state index is 12.6. The van der Waals surface area contributed by atoms with E-state index in [-0.39, 0.29) is 5.75 Å². The molecule has 5 heteroatoms. The van der Waals surface area contributed by atoms with Crippen LogP contribution >= 0.6 is 0 Å². The maximum Gasteiger partial charge on any atom is 0.182 e. The Bertz CT molecular complexity index is 739. The molecule has 0 atom stereocenters. The molecule has 0 spiro atoms. The molecule has 0 aliphatic heterocycles. The van der Waals surface area contributed by atoms with Crippen LogP contribution in [-0.4, -0.2) is 15.5 Å². The van der Waals surface area contributed by atoms with E-state index in [4.69, 9.17) is 10.5 Å². The van der Waals surface area contributed by atoms with E-state index < -0.39 is 9.84 Å². The van der Waals surface area contributed by atoms with Gasteiger partial charge in [-0.05, 0) is 36.2 Å². The Hall–Kier alpha value is -1.85. The van der Waals surface area contributed by atoms with Crippen molar-refractivity contribution in [1.82, 2.24) is 0 Å². The van der Waals surface area contributed by atoms with E-state index >= 15 is 0 Å². The molecule has 0 bridgehead atoms. The van der Waals surface area contributed by atoms with Gasteiger partial charge in [0.05, 0.1) is 17.8 Å². The summed E-state index contributed by atoms with van der Waals surface area (Å²) >= 11 is 0. The molecule has 0 amide bonds. The summed E-state index contributed by atoms with van der Waals surface area (Å²) in [5.41, 5.74) is 7.87. The lowest BCUT2D eigenvalue weighted by Crippen LogP contribution is -2.09. The molecule has 2 rings (SSSR count). The fourth-order valence-electron chi connectivity index (χ4n) is 2.26. The van der Waals surface area contributed by atoms with Crippen molar-refractivity contribution < 1.29 is 13.2 Å². The van der Waals surface area contributed by atoms with Crippen LogP contribution in [-0.2, 0) is 22.1 Å². The molecule has 2 N–H and O–H groups in total. The Balaban J connectivity index is 2.43. The predicted octanol–water partition coefficient (Wildman–Crippen LogP) is 2.44. The molecule has 0 aromatic heterocycles. The maximum atomic E-state index is 12.6. The van der Waals surface area contributed by atoms with Gasteiger partial charge in [0.25, 0.3) is 0 Å². The summed E-state index contributed by atoms with van der Waals surface area (Å²) in [6.45, 7) is 2.15. The third-order valence-electron chi connectivity index (χ3n) is 3.35. The largest absolute Gasteiger partial charge is 0.496 e. The van der Waals surface area contributed by atoms with Gasteiger partial charge in [0.1, 0.15) is 5.75 Å². The van der Waals surface area contributed by atoms with Crippen LogP contribution in [0.5, 0.6) is 5.75 Å². The summed E-state index contributed by atoms with van der Waals surface area (Å²) in [7, 11) is -1.89. The molecule has 0 aliphatic carbocycles. The summed E-state index contributed by atoms with van der Waals surface area (Å²) in [5, 5.41) is 0. The molecule has 4 nitrogen and oxygen atoms in total. The molecule has 112 valence electrons. The number of rotatable bonds is 5. The minimum absolute atomic E-state index is 0.102. The number of sulfone groups is 1. The first-order chi connectivity index (χ1) is 9.97. The SMILES string of the molecule is COc1ccc(CN)cc1CS(=O)(=O)c1ccccc1C. The number of benzene rings is 2. The lowest BCUT2D eigenvalue weighted by atomic mass is 10.1. The van der Waals surface area contributed by atoms with Crippen molar-refractivity contribution in [2.45, 2.75) is 24.1 Å². The average Bonchev–Trinajstić information content (AvgIpc) is 2.47. The zero-order valence-corrected chi connectivity index (χ0v) is 13.0. The molecular weight excluding hydrogens is 286 g/mol. The van der Waals surface area contributed by atoms with E-state index in [0.717, 1.165) is 11.1 Å². The van der Waals surface area contributed by atoms with Crippen molar-refractivity contribution in [3.63, 3.8) is 0 Å². The van der Waals surface area contributed by atoms with Crippen LogP contribution in [0.25, 0.3) is 0 Å². The highest BCUT2D eigenvalue weighted by atomic mass is 32.2. The first-order valence-electron chi connectivity index (χ1n) is 6.62. The summed E-state index contributed by atoms with van der Waals surface area (Å²) in [6, 6.07) is 12.4. The molecule has 0 heterocycles. The average molecular weight is 305 g/mol. The molecular formula is C16H19NO3S. The molecule has 21 heavy (non-hydrogen) atoms. The number of ether oxygens (including phenoxy) is 1. The van der Waals surface area contributed by atoms with Crippen LogP contribution < -0.4 is 10.5 Å². The lowest BCUT2D eigenvalue weighted by molar-refractivity contribution is 0.410. The smallest absolute Gasteiger partial charge is 0.182 e. The molecule has 0 unspecified atom stereocenters. The second-order valence-corrected chi connectivity index (χ2v) is 6.83. The van der Waals surface area contributed by atoms with Crippen molar-refractivity contribution >= 4 is 9.84 Å². The monoisotopic (exact) mass is 305 g/mol. The summed E-state index contributed by atoms with van der Waals surface area (Å²) in [5.74, 6) is 0.457. The number of hydrogen-bond donors (Lipinski definition) is 1. The van der Waals surface area contributed by atoms with E-state index in [1.165, 1.54) is 7.11 Å². The molecule has 0 fully saturated rings. The zero-order valence-electron chi connectivity index (χ0n) is 12.2. The fraction of sp³-hybridized carbons (Fsp3) is 0.250. The van der Waals surface area contributed by atoms with E-state index in [0.29, 0.717) is 22.8 Å². The van der Waals surface area contributed by atoms with Crippen LogP contribution in [0, 0.1) is 6.92 Å². The minimum Gasteiger partial charge on any atom is -0.496 e. The zero-order chi connectivity index (χ0) is 15.5. The number of hydrogen-bond acceptors (Lipinski definition) is 4. The molecule has 2 aromatic carbocycles. The van der Waals surface area contributed by atoms with Gasteiger partial charge in [-0.3, -0.25) is 0 Å². The molecule has 0 aliphatic rings. The van der Waals surface area contributed by atoms with Gasteiger partial charge in [-0.1, -0.05) is 24.3 Å². The van der Waals surface area contributed by atoms with Gasteiger partial charge >= 0.3 is 0 Å². The molecule has 0 radical (unpaired) electrons. The first kappa shape index (κ1) is 15.5. The third kappa shape index (κ3) is 3.43. The van der Waals surface area contributed by atoms with Gasteiger partial charge in [-0.25, -0.2) is 8.42 Å². The Morgan fingerprint density at radius 2 is 1.86 bits per heavy atom. The highest BCUT2D eigenvalue weighted by molar-refractivity contribution is 7.90. The van der Waals surface area contributed by atoms with Gasteiger partial charge < -0.3 is 10.5 Å². The minimum atomic E-state index is -3.42. The summed E-state index contributed by atoms with van der Waals surface area (Å²) in [4.78, 5) is 0.352. The van der Waals surface area contributed by atoms with Crippen LogP contribution in [0.2, 0.25) is 0 Å². The van der Waals surface area contributed by atoms with Crippen molar-refractivity contribution in [1.29, 1.82) is 0 Å². The van der Waals surface area contributed by atoms with Crippen LogP contribution in [0.4, 0.5) is 0 Å². The number of nitrogens with two attached hydrogens (primary N) is 1. The van der Waals surface area contributed by atoms with Gasteiger partial charge in [0, 0.05) is 12.1 Å². The highest BCUT2D eigenvalue weighted by Gasteiger charge is 2.19. The number of methoxy groups -OCH3 is 1. The molecule has 0 saturated carbocycles. The molecule has 2 aromatic rings. The van der Waals surface area contributed by atoms with Crippen molar-refractivity contribution in [2.75, 3.05) is 7.11 Å². The van der Waals surface area contributed by atoms with Crippen molar-refractivity contribution in [2.24, 2.45) is 5.73 Å². The standard InChI is InChI=1S/C16H19NO3S/c1-12-5-3-4-6-16(12)21(18,19)11-14-9-13(10-17)7-8-15(14)20-2/h3-9H,10-11,17H2,1-2H3. The van der Waals surface area contributed by atoms with Gasteiger partial charge in [-0.2, -0.15) is 0 Å². The van der Waals surface area contributed by atoms with E-state index in [1.54, 1.807) is 37.3 Å². The van der Waals surface area contributed by atoms with E-state index in [2.05, 4.69) is 0 Å². The van der Waals surface area contributed by atoms with Crippen molar-refractivity contribution in [3.05, 3.63) is 59.2 Å². The summed E-state index contributed by atoms with van der Waals surface area (Å²) in [6.07, 6.45) is 0. The molecule has 0 saturated heterocycles. The normalized spacial score (nSPS) is 11.4. The Morgan fingerprint density at radius 1 is 1.14 bits per heavy atom. The van der Waals surface area contributed by atoms with Gasteiger partial charge in [-0.15, -0.1) is 0 Å². The van der Waals surface area contributed by atoms with E-state index in [9.17, 15) is 8.42 Å². The Labute approximate surface area is 125 Å². The Morgan fingerprint density at radius 3 is 2.48 bits per heavy atom. The quantitative estimate of drug-likeness (QED) is 0.921. The topological polar surface area (TPSA) is 69.4 Å². The van der Waals surface area contributed by atoms with Crippen LogP contribution in [0.3, 0.4) is 0 Å². The summed E-state index contributed by atoms with van der Waals surface area (Å²) < 4.78 is 30.5. The van der Waals surface area contributed by atoms with E-state index in [1.807, 2.05) is 12.1 Å². The second kappa shape index (κ2) is 6.28. The number of aryl methyl sites for hydroxylation is 1. The van der Waals surface area contributed by atoms with Crippen molar-refractivity contribution in [3.8, 4) is 5.75 Å². The highest BCUT2D eigenvalue weighted by Crippen LogP contribution is 2.26. The Kier molecular flexibility index (Phi) is 4.65. The fourth-order valence-corrected chi connectivity index (χ4v) is 3.89. The lowest BCUT2D eigenvalue weighted by Gasteiger charge is -2.12. The van der Waals surface area contributed by atoms with Crippen LogP contribution in [0.15, 0.2) is 47.4 Å². The first-order valence-corrected chi connectivity index (χ1v) is 8.27.